The van der Waals surface area contributed by atoms with Crippen molar-refractivity contribution in [1.82, 2.24) is 15.1 Å². The number of rotatable bonds is 7. The molecule has 3 heterocycles. The van der Waals surface area contributed by atoms with Crippen molar-refractivity contribution < 1.29 is 19.5 Å². The minimum atomic E-state index is -0.727. The zero-order valence-electron chi connectivity index (χ0n) is 22.0. The minimum Gasteiger partial charge on any atom is -0.391 e. The van der Waals surface area contributed by atoms with Crippen LogP contribution in [0.3, 0.4) is 0 Å². The maximum absolute atomic E-state index is 13.7. The van der Waals surface area contributed by atoms with Gasteiger partial charge in [0.15, 0.2) is 0 Å². The van der Waals surface area contributed by atoms with Gasteiger partial charge in [0.2, 0.25) is 11.8 Å². The smallest absolute Gasteiger partial charge is 0.243 e. The topological polar surface area (TPSA) is 94.5 Å². The van der Waals surface area contributed by atoms with Gasteiger partial charge in [-0.25, -0.2) is 0 Å². The number of carbonyl (C=O) groups is 2. The van der Waals surface area contributed by atoms with Gasteiger partial charge in [0, 0.05) is 43.1 Å². The summed E-state index contributed by atoms with van der Waals surface area (Å²) in [6, 6.07) is 7.52. The average molecular weight is 515 g/mol. The first kappa shape index (κ1) is 26.5. The molecule has 0 saturated carbocycles. The van der Waals surface area contributed by atoms with Crippen LogP contribution in [0.15, 0.2) is 35.1 Å². The number of hydrogen-bond donors (Lipinski definition) is 2. The molecule has 0 aromatic heterocycles. The predicted molar refractivity (Wildman–Crippen MR) is 143 cm³/mol. The highest BCUT2D eigenvalue weighted by Crippen LogP contribution is 2.38. The van der Waals surface area contributed by atoms with Crippen molar-refractivity contribution in [2.24, 2.45) is 22.9 Å². The lowest BCUT2D eigenvalue weighted by Crippen LogP contribution is -2.51. The number of nitrogens with zero attached hydrogens (tertiary/aromatic N) is 3. The number of β-amino-alcohol motifs (C(OH)–C–C–N with tert-alkyl or cyclic N) is 1. The predicted octanol–water partition coefficient (Wildman–Crippen LogP) is 3.27. The Hall–Kier alpha value is -2.52. The molecule has 5 atom stereocenters. The molecule has 1 aromatic carbocycles. The number of likely N-dealkylation sites (tertiary alicyclic amines) is 1. The minimum absolute atomic E-state index is 0.00240. The van der Waals surface area contributed by atoms with Crippen molar-refractivity contribution in [2.75, 3.05) is 19.5 Å². The molecular weight excluding hydrogens is 476 g/mol. The maximum Gasteiger partial charge on any atom is 0.243 e. The van der Waals surface area contributed by atoms with Crippen LogP contribution in [-0.2, 0) is 21.0 Å². The summed E-state index contributed by atoms with van der Waals surface area (Å²) < 4.78 is 0. The Kier molecular flexibility index (Phi) is 7.99. The lowest BCUT2D eigenvalue weighted by atomic mass is 9.82. The molecule has 2 amide bonds. The van der Waals surface area contributed by atoms with Crippen LogP contribution in [0.25, 0.3) is 4.91 Å². The van der Waals surface area contributed by atoms with E-state index in [2.05, 4.69) is 41.5 Å². The van der Waals surface area contributed by atoms with E-state index < -0.39 is 18.1 Å². The highest BCUT2D eigenvalue weighted by atomic mass is 32.2. The lowest BCUT2D eigenvalue weighted by molar-refractivity contribution is -0.148. The molecule has 0 bridgehead atoms. The Balaban J connectivity index is 1.41. The van der Waals surface area contributed by atoms with Gasteiger partial charge in [-0.15, -0.1) is 11.8 Å². The summed E-state index contributed by atoms with van der Waals surface area (Å²) in [5.74, 6) is 0.132. The molecule has 0 radical (unpaired) electrons. The summed E-state index contributed by atoms with van der Waals surface area (Å²) in [4.78, 5) is 37.5. The third-order valence-corrected chi connectivity index (χ3v) is 9.02. The van der Waals surface area contributed by atoms with E-state index in [1.807, 2.05) is 51.6 Å². The second kappa shape index (κ2) is 10.8. The summed E-state index contributed by atoms with van der Waals surface area (Å²) in [7, 11) is 2.09. The Morgan fingerprint density at radius 1 is 1.25 bits per heavy atom. The molecule has 0 aliphatic carbocycles. The molecule has 9 heteroatoms. The van der Waals surface area contributed by atoms with Crippen molar-refractivity contribution in [2.45, 2.75) is 65.8 Å². The van der Waals surface area contributed by atoms with Crippen LogP contribution in [0.2, 0.25) is 0 Å². The Bertz CT molecular complexity index is 1050. The number of amides is 2. The number of nitrogens with one attached hydrogen (secondary N) is 1. The van der Waals surface area contributed by atoms with Crippen molar-refractivity contribution in [3.05, 3.63) is 41.1 Å². The summed E-state index contributed by atoms with van der Waals surface area (Å²) in [6.45, 7) is 10.5. The van der Waals surface area contributed by atoms with Gasteiger partial charge in [-0.1, -0.05) is 50.2 Å². The molecule has 196 valence electrons. The molecule has 1 saturated heterocycles. The van der Waals surface area contributed by atoms with E-state index >= 15 is 0 Å². The molecule has 4 rings (SSSR count). The molecule has 1 aromatic rings. The maximum atomic E-state index is 13.7. The first-order valence-electron chi connectivity index (χ1n) is 12.7. The number of thioether (sulfide) groups is 1. The van der Waals surface area contributed by atoms with Gasteiger partial charge < -0.3 is 25.1 Å². The highest BCUT2D eigenvalue weighted by molar-refractivity contribution is 8.08. The number of aliphatic hydroxyl groups is 1. The number of hydrogen-bond acceptors (Lipinski definition) is 7. The standard InChI is InChI=1S/C27H38N4O4S/c1-15(2)23(24-16(3)17(4)29-35-24)27(34)31-13-21(32)11-22(31)26(33)28-12-19-7-9-20(10-8-19)25-18(5)30(6)14-36-25/h7-10,15-16,21-24,32H,11-14H2,1-6H3,(H,28,33)/t16?,21-,22+,23?,24?/m1/s1. The van der Waals surface area contributed by atoms with Gasteiger partial charge in [-0.05, 0) is 30.9 Å². The number of allylic oxidation sites excluding steroid dienone is 1. The van der Waals surface area contributed by atoms with E-state index in [1.165, 1.54) is 16.2 Å². The summed E-state index contributed by atoms with van der Waals surface area (Å²) in [6.07, 6.45) is -0.861. The van der Waals surface area contributed by atoms with Gasteiger partial charge in [0.05, 0.1) is 23.6 Å². The SMILES string of the molecule is CC1=NOC(C(C(=O)N2C[C@H](O)C[C@H]2C(=O)NCc2ccc(C3=C(C)N(C)CS3)cc2)C(C)C)C1C. The number of benzene rings is 1. The Morgan fingerprint density at radius 3 is 2.50 bits per heavy atom. The number of oxime groups is 1. The van der Waals surface area contributed by atoms with E-state index in [9.17, 15) is 14.7 Å². The van der Waals surface area contributed by atoms with Crippen molar-refractivity contribution in [3.63, 3.8) is 0 Å². The normalized spacial score (nSPS) is 26.9. The molecule has 3 aliphatic heterocycles. The van der Waals surface area contributed by atoms with Crippen LogP contribution < -0.4 is 5.32 Å². The molecular formula is C27H38N4O4S. The van der Waals surface area contributed by atoms with E-state index in [0.29, 0.717) is 6.54 Å². The fourth-order valence-corrected chi connectivity index (χ4v) is 6.33. The average Bonchev–Trinajstić information content (AvgIpc) is 3.51. The van der Waals surface area contributed by atoms with Crippen molar-refractivity contribution in [3.8, 4) is 0 Å². The zero-order chi connectivity index (χ0) is 26.1. The molecule has 0 spiro atoms. The lowest BCUT2D eigenvalue weighted by Gasteiger charge is -2.33. The van der Waals surface area contributed by atoms with Crippen LogP contribution in [0.4, 0.5) is 0 Å². The molecule has 36 heavy (non-hydrogen) atoms. The molecule has 3 aliphatic rings. The quantitative estimate of drug-likeness (QED) is 0.580. The van der Waals surface area contributed by atoms with Crippen molar-refractivity contribution in [1.29, 1.82) is 0 Å². The van der Waals surface area contributed by atoms with Crippen LogP contribution in [-0.4, -0.2) is 70.2 Å². The molecule has 2 N–H and O–H groups in total. The third kappa shape index (κ3) is 5.27. The second-order valence-electron chi connectivity index (χ2n) is 10.6. The summed E-state index contributed by atoms with van der Waals surface area (Å²) in [5, 5.41) is 17.4. The first-order valence-corrected chi connectivity index (χ1v) is 13.7. The van der Waals surface area contributed by atoms with Gasteiger partial charge >= 0.3 is 0 Å². The van der Waals surface area contributed by atoms with Crippen molar-refractivity contribution >= 4 is 34.2 Å². The number of carbonyl (C=O) groups excluding carboxylic acids is 2. The van der Waals surface area contributed by atoms with Gasteiger partial charge in [0.25, 0.3) is 0 Å². The Morgan fingerprint density at radius 2 is 1.94 bits per heavy atom. The van der Waals surface area contributed by atoms with Crippen LogP contribution in [0.5, 0.6) is 0 Å². The largest absolute Gasteiger partial charge is 0.391 e. The van der Waals surface area contributed by atoms with Crippen LogP contribution >= 0.6 is 11.8 Å². The zero-order valence-corrected chi connectivity index (χ0v) is 22.8. The first-order chi connectivity index (χ1) is 17.1. The van der Waals surface area contributed by atoms with E-state index in [-0.39, 0.29) is 42.7 Å². The van der Waals surface area contributed by atoms with E-state index in [4.69, 9.17) is 4.84 Å². The monoisotopic (exact) mass is 514 g/mol. The van der Waals surface area contributed by atoms with Gasteiger partial charge in [-0.2, -0.15) is 0 Å². The van der Waals surface area contributed by atoms with Gasteiger partial charge in [-0.3, -0.25) is 9.59 Å². The van der Waals surface area contributed by atoms with E-state index in [1.54, 1.807) is 4.90 Å². The van der Waals surface area contributed by atoms with Crippen LogP contribution in [0.1, 0.15) is 52.2 Å². The third-order valence-electron chi connectivity index (χ3n) is 7.68. The summed E-state index contributed by atoms with van der Waals surface area (Å²) in [5.41, 5.74) is 4.29. The molecule has 3 unspecified atom stereocenters. The Labute approximate surface area is 218 Å². The summed E-state index contributed by atoms with van der Waals surface area (Å²) >= 11 is 1.83. The second-order valence-corrected chi connectivity index (χ2v) is 11.5. The van der Waals surface area contributed by atoms with E-state index in [0.717, 1.165) is 17.2 Å². The fraction of sp³-hybridized carbons (Fsp3) is 0.593. The molecule has 8 nitrogen and oxygen atoms in total. The molecule has 1 fully saturated rings. The van der Waals surface area contributed by atoms with Crippen LogP contribution in [0, 0.1) is 17.8 Å². The highest BCUT2D eigenvalue weighted by Gasteiger charge is 2.47. The fourth-order valence-electron chi connectivity index (χ4n) is 5.14. The van der Waals surface area contributed by atoms with Gasteiger partial charge in [0.1, 0.15) is 12.1 Å². The number of aliphatic hydroxyl groups excluding tert-OH is 1.